The van der Waals surface area contributed by atoms with E-state index in [0.717, 1.165) is 37.7 Å². The zero-order valence-corrected chi connectivity index (χ0v) is 23.0. The van der Waals surface area contributed by atoms with E-state index in [0.29, 0.717) is 24.7 Å². The second-order valence-corrected chi connectivity index (χ2v) is 15.0. The summed E-state index contributed by atoms with van der Waals surface area (Å²) in [5.41, 5.74) is -1.61. The van der Waals surface area contributed by atoms with Crippen molar-refractivity contribution in [3.05, 3.63) is 11.6 Å². The van der Waals surface area contributed by atoms with Crippen molar-refractivity contribution in [2.45, 2.75) is 111 Å². The SMILES string of the molecule is CC1(C)[C@@H](O)CC[C@]2(C)[C@H]3CC=C4[C@@H]5C[C@@](C)(C(=O)O)C[C@@H](O)[C@]5(CO)[C@@H](O)C[C@@]4(C)[C@]3(C)CC[C@@H]12. The highest BCUT2D eigenvalue weighted by atomic mass is 16.4. The minimum absolute atomic E-state index is 0.0392. The number of fused-ring (bicyclic) bond motifs is 7. The molecule has 0 aromatic carbocycles. The molecule has 0 saturated heterocycles. The molecule has 6 nitrogen and oxygen atoms in total. The zero-order valence-electron chi connectivity index (χ0n) is 23.0. The Hall–Kier alpha value is -0.950. The quantitative estimate of drug-likeness (QED) is 0.361. The molecular weight excluding hydrogens is 456 g/mol. The minimum Gasteiger partial charge on any atom is -0.481 e. The van der Waals surface area contributed by atoms with E-state index in [4.69, 9.17) is 0 Å². The van der Waals surface area contributed by atoms with Gasteiger partial charge in [-0.05, 0) is 97.7 Å². The Balaban J connectivity index is 1.63. The van der Waals surface area contributed by atoms with Crippen LogP contribution in [-0.2, 0) is 4.79 Å². The fourth-order valence-electron chi connectivity index (χ4n) is 10.9. The van der Waals surface area contributed by atoms with Gasteiger partial charge in [0.25, 0.3) is 0 Å². The highest BCUT2D eigenvalue weighted by Crippen LogP contribution is 2.75. The number of aliphatic carboxylic acids is 1. The number of hydrogen-bond donors (Lipinski definition) is 5. The molecular formula is C30H48O6. The summed E-state index contributed by atoms with van der Waals surface area (Å²) in [4.78, 5) is 12.3. The molecule has 0 aromatic heterocycles. The number of hydrogen-bond acceptors (Lipinski definition) is 5. The third-order valence-corrected chi connectivity index (χ3v) is 13.5. The standard InChI is InChI=1S/C30H48O6/c1-25(2)19-9-12-28(5)20(27(19,4)11-10-21(25)32)8-7-17-18-13-26(3,24(35)36)14-22(33)30(18,16-31)23(34)15-29(17,28)6/h7,18-23,31-34H,8-16H2,1-6H3,(H,35,36)/t18-,19-,20+,21-,22+,23-,26+,27-,28+,29+,30+/m0/s1. The molecule has 0 aliphatic heterocycles. The topological polar surface area (TPSA) is 118 Å². The van der Waals surface area contributed by atoms with Gasteiger partial charge in [-0.3, -0.25) is 4.79 Å². The van der Waals surface area contributed by atoms with Crippen molar-refractivity contribution >= 4 is 5.97 Å². The lowest BCUT2D eigenvalue weighted by Crippen LogP contribution is -2.69. The van der Waals surface area contributed by atoms with Crippen molar-refractivity contribution in [2.24, 2.45) is 50.2 Å². The average molecular weight is 505 g/mol. The molecule has 5 rings (SSSR count). The number of carbonyl (C=O) groups is 1. The monoisotopic (exact) mass is 504 g/mol. The van der Waals surface area contributed by atoms with Crippen LogP contribution in [0.4, 0.5) is 0 Å². The van der Waals surface area contributed by atoms with Gasteiger partial charge in [0.2, 0.25) is 0 Å². The molecule has 0 spiro atoms. The highest BCUT2D eigenvalue weighted by molar-refractivity contribution is 5.74. The van der Waals surface area contributed by atoms with Gasteiger partial charge in [0.15, 0.2) is 0 Å². The Kier molecular flexibility index (Phi) is 5.77. The third kappa shape index (κ3) is 2.96. The number of aliphatic hydroxyl groups is 4. The second kappa shape index (κ2) is 7.80. The average Bonchev–Trinajstić information content (AvgIpc) is 2.77. The fourth-order valence-corrected chi connectivity index (χ4v) is 10.9. The summed E-state index contributed by atoms with van der Waals surface area (Å²) in [5.74, 6) is -0.500. The van der Waals surface area contributed by atoms with Crippen LogP contribution in [0, 0.1) is 50.2 Å². The molecule has 5 aliphatic rings. The van der Waals surface area contributed by atoms with E-state index in [1.165, 1.54) is 0 Å². The van der Waals surface area contributed by atoms with E-state index in [1.54, 1.807) is 6.92 Å². The summed E-state index contributed by atoms with van der Waals surface area (Å²) < 4.78 is 0. The Morgan fingerprint density at radius 2 is 1.53 bits per heavy atom. The van der Waals surface area contributed by atoms with Crippen molar-refractivity contribution in [1.29, 1.82) is 0 Å². The van der Waals surface area contributed by atoms with E-state index in [-0.39, 0.29) is 46.7 Å². The van der Waals surface area contributed by atoms with E-state index < -0.39 is 29.0 Å². The number of rotatable bonds is 2. The molecule has 4 saturated carbocycles. The molecule has 0 radical (unpaired) electrons. The first-order valence-electron chi connectivity index (χ1n) is 14.1. The Morgan fingerprint density at radius 3 is 2.14 bits per heavy atom. The van der Waals surface area contributed by atoms with Crippen molar-refractivity contribution in [2.75, 3.05) is 6.61 Å². The number of allylic oxidation sites excluding steroid dienone is 2. The van der Waals surface area contributed by atoms with Crippen LogP contribution in [-0.4, -0.2) is 56.4 Å². The molecule has 6 heteroatoms. The van der Waals surface area contributed by atoms with Crippen LogP contribution in [0.2, 0.25) is 0 Å². The van der Waals surface area contributed by atoms with Crippen LogP contribution >= 0.6 is 0 Å². The number of aliphatic hydroxyl groups excluding tert-OH is 4. The Morgan fingerprint density at radius 1 is 0.889 bits per heavy atom. The van der Waals surface area contributed by atoms with Crippen molar-refractivity contribution < 1.29 is 30.3 Å². The fraction of sp³-hybridized carbons (Fsp3) is 0.900. The lowest BCUT2D eigenvalue weighted by atomic mass is 9.33. The first kappa shape index (κ1) is 26.6. The highest BCUT2D eigenvalue weighted by Gasteiger charge is 2.71. The van der Waals surface area contributed by atoms with Gasteiger partial charge >= 0.3 is 5.97 Å². The maximum absolute atomic E-state index is 12.3. The largest absolute Gasteiger partial charge is 0.481 e. The van der Waals surface area contributed by atoms with Gasteiger partial charge in [-0.25, -0.2) is 0 Å². The maximum Gasteiger partial charge on any atom is 0.309 e. The lowest BCUT2D eigenvalue weighted by molar-refractivity contribution is -0.237. The van der Waals surface area contributed by atoms with Gasteiger partial charge in [0, 0.05) is 0 Å². The molecule has 204 valence electrons. The normalized spacial score (nSPS) is 55.9. The van der Waals surface area contributed by atoms with Crippen LogP contribution < -0.4 is 0 Å². The first-order chi connectivity index (χ1) is 16.5. The Labute approximate surface area is 216 Å². The van der Waals surface area contributed by atoms with Crippen LogP contribution in [0.25, 0.3) is 0 Å². The Bertz CT molecular complexity index is 974. The van der Waals surface area contributed by atoms with Gasteiger partial charge in [0.1, 0.15) is 0 Å². The molecule has 0 amide bonds. The van der Waals surface area contributed by atoms with Crippen LogP contribution in [0.1, 0.15) is 92.9 Å². The summed E-state index contributed by atoms with van der Waals surface area (Å²) >= 11 is 0. The summed E-state index contributed by atoms with van der Waals surface area (Å²) in [6.45, 7) is 12.9. The maximum atomic E-state index is 12.3. The number of carboxylic acids is 1. The molecule has 0 heterocycles. The molecule has 0 aromatic rings. The number of carboxylic acid groups (broad SMARTS) is 1. The molecule has 0 unspecified atom stereocenters. The van der Waals surface area contributed by atoms with Crippen molar-refractivity contribution in [3.63, 3.8) is 0 Å². The van der Waals surface area contributed by atoms with E-state index in [2.05, 4.69) is 40.7 Å². The van der Waals surface area contributed by atoms with Gasteiger partial charge < -0.3 is 25.5 Å². The zero-order chi connectivity index (χ0) is 26.7. The smallest absolute Gasteiger partial charge is 0.309 e. The minimum atomic E-state index is -1.12. The molecule has 4 fully saturated rings. The van der Waals surface area contributed by atoms with Crippen LogP contribution in [0.15, 0.2) is 11.6 Å². The van der Waals surface area contributed by atoms with Gasteiger partial charge in [-0.15, -0.1) is 0 Å². The molecule has 5 N–H and O–H groups in total. The van der Waals surface area contributed by atoms with E-state index in [9.17, 15) is 30.3 Å². The van der Waals surface area contributed by atoms with Crippen molar-refractivity contribution in [3.8, 4) is 0 Å². The predicted molar refractivity (Wildman–Crippen MR) is 137 cm³/mol. The summed E-state index contributed by atoms with van der Waals surface area (Å²) in [5, 5.41) is 54.7. The lowest BCUT2D eigenvalue weighted by Gasteiger charge is -2.72. The second-order valence-electron chi connectivity index (χ2n) is 15.0. The first-order valence-corrected chi connectivity index (χ1v) is 14.1. The summed E-state index contributed by atoms with van der Waals surface area (Å²) in [6.07, 6.45) is 5.57. The van der Waals surface area contributed by atoms with Gasteiger partial charge in [-0.2, -0.15) is 0 Å². The summed E-state index contributed by atoms with van der Waals surface area (Å²) in [7, 11) is 0. The van der Waals surface area contributed by atoms with Gasteiger partial charge in [-0.1, -0.05) is 46.3 Å². The van der Waals surface area contributed by atoms with Crippen LogP contribution in [0.5, 0.6) is 0 Å². The molecule has 5 aliphatic carbocycles. The predicted octanol–water partition coefficient (Wildman–Crippen LogP) is 4.15. The van der Waals surface area contributed by atoms with Crippen LogP contribution in [0.3, 0.4) is 0 Å². The molecule has 36 heavy (non-hydrogen) atoms. The summed E-state index contributed by atoms with van der Waals surface area (Å²) in [6, 6.07) is 0. The third-order valence-electron chi connectivity index (χ3n) is 13.5. The van der Waals surface area contributed by atoms with E-state index in [1.807, 2.05) is 0 Å². The molecule has 0 bridgehead atoms. The molecule has 11 atom stereocenters. The van der Waals surface area contributed by atoms with Crippen molar-refractivity contribution in [1.82, 2.24) is 0 Å². The van der Waals surface area contributed by atoms with E-state index >= 15 is 0 Å². The van der Waals surface area contributed by atoms with Gasteiger partial charge in [0.05, 0.1) is 35.7 Å².